The van der Waals surface area contributed by atoms with Crippen LogP contribution in [-0.2, 0) is 13.2 Å². The van der Waals surface area contributed by atoms with E-state index < -0.39 is 0 Å². The van der Waals surface area contributed by atoms with Crippen molar-refractivity contribution in [3.8, 4) is 5.75 Å². The van der Waals surface area contributed by atoms with Crippen molar-refractivity contribution < 1.29 is 4.74 Å². The molecule has 0 spiro atoms. The Morgan fingerprint density at radius 1 is 1.37 bits per heavy atom. The maximum absolute atomic E-state index is 6.21. The third-order valence-electron chi connectivity index (χ3n) is 2.79. The number of nitrogen functional groups attached to an aromatic ring is 1. The van der Waals surface area contributed by atoms with Gasteiger partial charge in [-0.15, -0.1) is 0 Å². The van der Waals surface area contributed by atoms with Gasteiger partial charge < -0.3 is 10.5 Å². The SMILES string of the molecule is CCn1nc(C)c(Cl)c1COc1ccc(Cl)cc1N. The summed E-state index contributed by atoms with van der Waals surface area (Å²) in [6.45, 7) is 4.93. The molecule has 0 saturated carbocycles. The van der Waals surface area contributed by atoms with E-state index in [1.807, 2.05) is 18.5 Å². The topological polar surface area (TPSA) is 53.1 Å². The van der Waals surface area contributed by atoms with E-state index in [1.54, 1.807) is 18.2 Å². The van der Waals surface area contributed by atoms with Crippen LogP contribution in [0.5, 0.6) is 5.75 Å². The number of aryl methyl sites for hydroxylation is 2. The second-order valence-electron chi connectivity index (χ2n) is 4.13. The molecular formula is C13H15Cl2N3O. The Labute approximate surface area is 122 Å². The Hall–Kier alpha value is -1.39. The van der Waals surface area contributed by atoms with Crippen LogP contribution in [-0.4, -0.2) is 9.78 Å². The summed E-state index contributed by atoms with van der Waals surface area (Å²) in [5.74, 6) is 0.585. The van der Waals surface area contributed by atoms with E-state index >= 15 is 0 Å². The quantitative estimate of drug-likeness (QED) is 0.876. The molecule has 0 atom stereocenters. The van der Waals surface area contributed by atoms with Crippen molar-refractivity contribution in [2.75, 3.05) is 5.73 Å². The van der Waals surface area contributed by atoms with Gasteiger partial charge in [-0.05, 0) is 32.0 Å². The maximum Gasteiger partial charge on any atom is 0.142 e. The molecular weight excluding hydrogens is 285 g/mol. The summed E-state index contributed by atoms with van der Waals surface area (Å²) in [6, 6.07) is 5.13. The standard InChI is InChI=1S/C13H15Cl2N3O/c1-3-18-11(13(15)8(2)17-18)7-19-12-5-4-9(14)6-10(12)16/h4-6H,3,7,16H2,1-2H3. The van der Waals surface area contributed by atoms with Gasteiger partial charge in [-0.3, -0.25) is 4.68 Å². The number of nitrogens with two attached hydrogens (primary N) is 1. The fourth-order valence-corrected chi connectivity index (χ4v) is 2.17. The number of benzene rings is 1. The molecule has 2 rings (SSSR count). The van der Waals surface area contributed by atoms with Gasteiger partial charge in [0, 0.05) is 11.6 Å². The molecule has 0 aliphatic heterocycles. The molecule has 4 nitrogen and oxygen atoms in total. The monoisotopic (exact) mass is 299 g/mol. The van der Waals surface area contributed by atoms with Crippen molar-refractivity contribution in [2.24, 2.45) is 0 Å². The summed E-state index contributed by atoms with van der Waals surface area (Å²) in [7, 11) is 0. The molecule has 1 heterocycles. The van der Waals surface area contributed by atoms with Crippen molar-refractivity contribution in [3.05, 3.63) is 39.6 Å². The Morgan fingerprint density at radius 3 is 2.74 bits per heavy atom. The van der Waals surface area contributed by atoms with E-state index in [2.05, 4.69) is 5.10 Å². The van der Waals surface area contributed by atoms with Gasteiger partial charge in [-0.1, -0.05) is 23.2 Å². The first-order valence-electron chi connectivity index (χ1n) is 5.92. The van der Waals surface area contributed by atoms with Crippen LogP contribution in [0, 0.1) is 6.92 Å². The van der Waals surface area contributed by atoms with Crippen molar-refractivity contribution in [1.29, 1.82) is 0 Å². The summed E-state index contributed by atoms with van der Waals surface area (Å²) < 4.78 is 7.51. The molecule has 0 unspecified atom stereocenters. The predicted octanol–water partition coefficient (Wildman–Crippen LogP) is 3.68. The van der Waals surface area contributed by atoms with Crippen molar-refractivity contribution in [1.82, 2.24) is 9.78 Å². The molecule has 1 aromatic heterocycles. The number of nitrogens with zero attached hydrogens (tertiary/aromatic N) is 2. The van der Waals surface area contributed by atoms with Gasteiger partial charge in [0.2, 0.25) is 0 Å². The molecule has 0 bridgehead atoms. The molecule has 0 amide bonds. The van der Waals surface area contributed by atoms with Crippen molar-refractivity contribution in [3.63, 3.8) is 0 Å². The minimum absolute atomic E-state index is 0.319. The van der Waals surface area contributed by atoms with E-state index in [-0.39, 0.29) is 0 Å². The van der Waals surface area contributed by atoms with E-state index in [4.69, 9.17) is 33.7 Å². The summed E-state index contributed by atoms with van der Waals surface area (Å²) in [5, 5.41) is 5.54. The zero-order valence-corrected chi connectivity index (χ0v) is 12.3. The van der Waals surface area contributed by atoms with Gasteiger partial charge in [0.1, 0.15) is 12.4 Å². The van der Waals surface area contributed by atoms with Crippen LogP contribution in [0.1, 0.15) is 18.3 Å². The average molecular weight is 300 g/mol. The largest absolute Gasteiger partial charge is 0.485 e. The number of aromatic nitrogens is 2. The molecule has 6 heteroatoms. The second kappa shape index (κ2) is 5.72. The minimum atomic E-state index is 0.319. The Morgan fingerprint density at radius 2 is 2.11 bits per heavy atom. The molecule has 0 saturated heterocycles. The third-order valence-corrected chi connectivity index (χ3v) is 3.52. The summed E-state index contributed by atoms with van der Waals surface area (Å²) in [4.78, 5) is 0. The summed E-state index contributed by atoms with van der Waals surface area (Å²) >= 11 is 12.0. The third kappa shape index (κ3) is 2.96. The molecule has 2 N–H and O–H groups in total. The lowest BCUT2D eigenvalue weighted by atomic mass is 10.3. The van der Waals surface area contributed by atoms with E-state index in [0.29, 0.717) is 28.1 Å². The van der Waals surface area contributed by atoms with Crippen LogP contribution in [0.25, 0.3) is 0 Å². The normalized spacial score (nSPS) is 10.7. The Balaban J connectivity index is 2.18. The first-order valence-corrected chi connectivity index (χ1v) is 6.68. The Bertz CT molecular complexity index is 596. The number of ether oxygens (including phenoxy) is 1. The second-order valence-corrected chi connectivity index (χ2v) is 4.95. The lowest BCUT2D eigenvalue weighted by Crippen LogP contribution is -2.07. The number of rotatable bonds is 4. The van der Waals surface area contributed by atoms with E-state index in [1.165, 1.54) is 0 Å². The van der Waals surface area contributed by atoms with E-state index in [0.717, 1.165) is 17.9 Å². The van der Waals surface area contributed by atoms with Gasteiger partial charge in [-0.2, -0.15) is 5.10 Å². The van der Waals surface area contributed by atoms with E-state index in [9.17, 15) is 0 Å². The number of halogens is 2. The van der Waals surface area contributed by atoms with Gasteiger partial charge in [0.05, 0.1) is 22.1 Å². The summed E-state index contributed by atoms with van der Waals surface area (Å²) in [5.41, 5.74) is 7.98. The van der Waals surface area contributed by atoms with Gasteiger partial charge in [-0.25, -0.2) is 0 Å². The van der Waals surface area contributed by atoms with Crippen LogP contribution >= 0.6 is 23.2 Å². The predicted molar refractivity (Wildman–Crippen MR) is 77.8 cm³/mol. The zero-order chi connectivity index (χ0) is 14.0. The molecule has 19 heavy (non-hydrogen) atoms. The number of hydrogen-bond donors (Lipinski definition) is 1. The lowest BCUT2D eigenvalue weighted by Gasteiger charge is -2.10. The Kier molecular flexibility index (Phi) is 4.22. The van der Waals surface area contributed by atoms with Crippen LogP contribution in [0.4, 0.5) is 5.69 Å². The highest BCUT2D eigenvalue weighted by Gasteiger charge is 2.13. The fourth-order valence-electron chi connectivity index (χ4n) is 1.80. The van der Waals surface area contributed by atoms with Gasteiger partial charge in [0.15, 0.2) is 0 Å². The van der Waals surface area contributed by atoms with Crippen LogP contribution in [0.15, 0.2) is 18.2 Å². The minimum Gasteiger partial charge on any atom is -0.485 e. The molecule has 0 aliphatic carbocycles. The molecule has 102 valence electrons. The molecule has 0 radical (unpaired) electrons. The van der Waals surface area contributed by atoms with Gasteiger partial charge >= 0.3 is 0 Å². The molecule has 0 aliphatic rings. The first kappa shape index (κ1) is 14.0. The maximum atomic E-state index is 6.21. The van der Waals surface area contributed by atoms with Crippen molar-refractivity contribution >= 4 is 28.9 Å². The van der Waals surface area contributed by atoms with Crippen LogP contribution < -0.4 is 10.5 Å². The number of hydrogen-bond acceptors (Lipinski definition) is 3. The summed E-state index contributed by atoms with van der Waals surface area (Å²) in [6.07, 6.45) is 0. The molecule has 1 aromatic carbocycles. The highest BCUT2D eigenvalue weighted by molar-refractivity contribution is 6.32. The van der Waals surface area contributed by atoms with Crippen LogP contribution in [0.3, 0.4) is 0 Å². The molecule has 2 aromatic rings. The average Bonchev–Trinajstić information content (AvgIpc) is 2.65. The highest BCUT2D eigenvalue weighted by Crippen LogP contribution is 2.27. The van der Waals surface area contributed by atoms with Crippen molar-refractivity contribution in [2.45, 2.75) is 27.0 Å². The number of anilines is 1. The smallest absolute Gasteiger partial charge is 0.142 e. The van der Waals surface area contributed by atoms with Crippen LogP contribution in [0.2, 0.25) is 10.0 Å². The van der Waals surface area contributed by atoms with Gasteiger partial charge in [0.25, 0.3) is 0 Å². The molecule has 0 fully saturated rings. The fraction of sp³-hybridized carbons (Fsp3) is 0.308. The highest BCUT2D eigenvalue weighted by atomic mass is 35.5. The lowest BCUT2D eigenvalue weighted by molar-refractivity contribution is 0.294. The first-order chi connectivity index (χ1) is 9.02. The zero-order valence-electron chi connectivity index (χ0n) is 10.8.